The van der Waals surface area contributed by atoms with Gasteiger partial charge in [0.2, 0.25) is 0 Å². The number of benzene rings is 1. The number of pyridine rings is 1. The molecule has 0 saturated carbocycles. The number of halogens is 1. The number of nitrogens with zero attached hydrogens (tertiary/aromatic N) is 1. The first-order valence-electron chi connectivity index (χ1n) is 5.85. The van der Waals surface area contributed by atoms with Gasteiger partial charge in [-0.3, -0.25) is 4.98 Å². The highest BCUT2D eigenvalue weighted by Crippen LogP contribution is 2.25. The average Bonchev–Trinajstić information content (AvgIpc) is 2.92. The van der Waals surface area contributed by atoms with Crippen molar-refractivity contribution in [2.45, 2.75) is 11.8 Å². The van der Waals surface area contributed by atoms with E-state index in [1.54, 1.807) is 6.26 Å². The maximum Gasteiger partial charge on any atom is 0.122 e. The molecule has 3 rings (SSSR count). The smallest absolute Gasteiger partial charge is 0.122 e. The lowest BCUT2D eigenvalue weighted by atomic mass is 10.1. The van der Waals surface area contributed by atoms with E-state index in [0.29, 0.717) is 6.42 Å². The first kappa shape index (κ1) is 11.3. The highest BCUT2D eigenvalue weighted by Gasteiger charge is 2.12. The Morgan fingerprint density at radius 3 is 2.78 bits per heavy atom. The maximum absolute atomic E-state index is 6.30. The molecule has 1 unspecified atom stereocenters. The van der Waals surface area contributed by atoms with Crippen molar-refractivity contribution in [1.82, 2.24) is 4.98 Å². The summed E-state index contributed by atoms with van der Waals surface area (Å²) >= 11 is 6.30. The van der Waals surface area contributed by atoms with E-state index in [1.807, 2.05) is 36.4 Å². The van der Waals surface area contributed by atoms with Crippen LogP contribution >= 0.6 is 11.6 Å². The molecule has 0 aliphatic rings. The molecule has 0 fully saturated rings. The summed E-state index contributed by atoms with van der Waals surface area (Å²) < 4.78 is 5.30. The molecule has 0 radical (unpaired) electrons. The van der Waals surface area contributed by atoms with Crippen molar-refractivity contribution < 1.29 is 4.42 Å². The number of hydrogen-bond acceptors (Lipinski definition) is 2. The lowest BCUT2D eigenvalue weighted by Gasteiger charge is -2.06. The summed E-state index contributed by atoms with van der Waals surface area (Å²) in [6.07, 6.45) is 2.30. The minimum absolute atomic E-state index is 0.173. The van der Waals surface area contributed by atoms with Gasteiger partial charge in [0, 0.05) is 17.5 Å². The van der Waals surface area contributed by atoms with Crippen molar-refractivity contribution in [1.29, 1.82) is 0 Å². The van der Waals surface area contributed by atoms with E-state index in [4.69, 9.17) is 16.0 Å². The normalized spacial score (nSPS) is 12.7. The molecule has 2 nitrogen and oxygen atoms in total. The van der Waals surface area contributed by atoms with Gasteiger partial charge in [-0.05, 0) is 24.3 Å². The number of rotatable bonds is 3. The molecule has 0 aliphatic heterocycles. The molecular weight excluding hydrogens is 246 g/mol. The molecule has 2 heterocycles. The Morgan fingerprint density at radius 1 is 1.06 bits per heavy atom. The third kappa shape index (κ3) is 2.24. The topological polar surface area (TPSA) is 26.0 Å². The molecule has 0 aliphatic carbocycles. The van der Waals surface area contributed by atoms with Crippen LogP contribution in [-0.4, -0.2) is 4.98 Å². The van der Waals surface area contributed by atoms with Crippen LogP contribution in [-0.2, 0) is 6.42 Å². The molecule has 1 atom stereocenters. The van der Waals surface area contributed by atoms with Crippen LogP contribution in [0.1, 0.15) is 16.8 Å². The Hall–Kier alpha value is -1.80. The number of furan rings is 1. The van der Waals surface area contributed by atoms with E-state index in [2.05, 4.69) is 17.1 Å². The predicted octanol–water partition coefficient (Wildman–Crippen LogP) is 4.35. The zero-order valence-corrected chi connectivity index (χ0v) is 10.5. The molecule has 90 valence electrons. The van der Waals surface area contributed by atoms with Crippen LogP contribution in [0, 0.1) is 0 Å². The molecule has 18 heavy (non-hydrogen) atoms. The van der Waals surface area contributed by atoms with Crippen LogP contribution in [0.15, 0.2) is 59.2 Å². The molecule has 0 spiro atoms. The lowest BCUT2D eigenvalue weighted by molar-refractivity contribution is 0.501. The largest absolute Gasteiger partial charge is 0.468 e. The van der Waals surface area contributed by atoms with Crippen LogP contribution in [0.3, 0.4) is 0 Å². The molecule has 0 N–H and O–H groups in total. The Bertz CT molecular complexity index is 648. The number of aromatic nitrogens is 1. The average molecular weight is 258 g/mol. The molecule has 2 aromatic heterocycles. The van der Waals surface area contributed by atoms with Crippen LogP contribution in [0.2, 0.25) is 0 Å². The summed E-state index contributed by atoms with van der Waals surface area (Å²) in [4.78, 5) is 4.60. The van der Waals surface area contributed by atoms with Crippen LogP contribution in [0.25, 0.3) is 10.9 Å². The van der Waals surface area contributed by atoms with Crippen molar-refractivity contribution in [2.75, 3.05) is 0 Å². The van der Waals surface area contributed by atoms with Crippen LogP contribution in [0.5, 0.6) is 0 Å². The zero-order chi connectivity index (χ0) is 12.4. The minimum atomic E-state index is -0.173. The fourth-order valence-corrected chi connectivity index (χ4v) is 2.26. The van der Waals surface area contributed by atoms with Gasteiger partial charge in [-0.25, -0.2) is 0 Å². The van der Waals surface area contributed by atoms with E-state index < -0.39 is 0 Å². The van der Waals surface area contributed by atoms with E-state index in [0.717, 1.165) is 22.4 Å². The summed E-state index contributed by atoms with van der Waals surface area (Å²) in [6, 6.07) is 15.9. The van der Waals surface area contributed by atoms with Crippen molar-refractivity contribution in [3.05, 3.63) is 66.2 Å². The quantitative estimate of drug-likeness (QED) is 0.652. The molecule has 0 bridgehead atoms. The van der Waals surface area contributed by atoms with Gasteiger partial charge in [0.15, 0.2) is 0 Å². The van der Waals surface area contributed by atoms with Gasteiger partial charge in [0.25, 0.3) is 0 Å². The Kier molecular flexibility index (Phi) is 3.03. The van der Waals surface area contributed by atoms with Crippen LogP contribution < -0.4 is 0 Å². The maximum atomic E-state index is 6.30. The fraction of sp³-hybridized carbons (Fsp3) is 0.133. The lowest BCUT2D eigenvalue weighted by Crippen LogP contribution is -1.97. The monoisotopic (exact) mass is 257 g/mol. The summed E-state index contributed by atoms with van der Waals surface area (Å²) in [5, 5.41) is 0.971. The van der Waals surface area contributed by atoms with Crippen molar-refractivity contribution in [3.63, 3.8) is 0 Å². The molecule has 3 aromatic rings. The highest BCUT2D eigenvalue weighted by atomic mass is 35.5. The van der Waals surface area contributed by atoms with Gasteiger partial charge in [-0.1, -0.05) is 24.3 Å². The second kappa shape index (κ2) is 4.83. The standard InChI is InChI=1S/C15H12ClNO/c16-13(15-6-3-9-18-15)10-12-8-7-11-4-1-2-5-14(11)17-12/h1-9,13H,10H2. The fourth-order valence-electron chi connectivity index (χ4n) is 1.98. The summed E-state index contributed by atoms with van der Waals surface area (Å²) in [6.45, 7) is 0. The van der Waals surface area contributed by atoms with Crippen molar-refractivity contribution in [3.8, 4) is 0 Å². The zero-order valence-electron chi connectivity index (χ0n) is 9.71. The second-order valence-electron chi connectivity index (χ2n) is 4.18. The first-order valence-corrected chi connectivity index (χ1v) is 6.29. The van der Waals surface area contributed by atoms with Gasteiger partial charge in [-0.15, -0.1) is 11.6 Å². The van der Waals surface area contributed by atoms with E-state index >= 15 is 0 Å². The number of hydrogen-bond donors (Lipinski definition) is 0. The van der Waals surface area contributed by atoms with E-state index in [9.17, 15) is 0 Å². The highest BCUT2D eigenvalue weighted by molar-refractivity contribution is 6.20. The van der Waals surface area contributed by atoms with Crippen LogP contribution in [0.4, 0.5) is 0 Å². The predicted molar refractivity (Wildman–Crippen MR) is 72.7 cm³/mol. The van der Waals surface area contributed by atoms with E-state index in [1.165, 1.54) is 0 Å². The summed E-state index contributed by atoms with van der Waals surface area (Å²) in [5.41, 5.74) is 1.98. The van der Waals surface area contributed by atoms with Gasteiger partial charge in [0.1, 0.15) is 5.76 Å². The molecule has 0 amide bonds. The molecule has 3 heteroatoms. The first-order chi connectivity index (χ1) is 8.83. The molecule has 1 aromatic carbocycles. The Morgan fingerprint density at radius 2 is 1.94 bits per heavy atom. The van der Waals surface area contributed by atoms with Gasteiger partial charge >= 0.3 is 0 Å². The second-order valence-corrected chi connectivity index (χ2v) is 4.71. The number of para-hydroxylation sites is 1. The Balaban J connectivity index is 1.86. The molecular formula is C15H12ClNO. The SMILES string of the molecule is ClC(Cc1ccc2ccccc2n1)c1ccco1. The van der Waals surface area contributed by atoms with Crippen molar-refractivity contribution >= 4 is 22.5 Å². The number of alkyl halides is 1. The van der Waals surface area contributed by atoms with Gasteiger partial charge in [0.05, 0.1) is 17.2 Å². The van der Waals surface area contributed by atoms with Gasteiger partial charge < -0.3 is 4.42 Å². The third-order valence-electron chi connectivity index (χ3n) is 2.90. The Labute approximate surface area is 110 Å². The van der Waals surface area contributed by atoms with Crippen molar-refractivity contribution in [2.24, 2.45) is 0 Å². The summed E-state index contributed by atoms with van der Waals surface area (Å²) in [5.74, 6) is 0.784. The van der Waals surface area contributed by atoms with Gasteiger partial charge in [-0.2, -0.15) is 0 Å². The number of fused-ring (bicyclic) bond motifs is 1. The third-order valence-corrected chi connectivity index (χ3v) is 3.27. The summed E-state index contributed by atoms with van der Waals surface area (Å²) in [7, 11) is 0. The minimum Gasteiger partial charge on any atom is -0.468 e. The van der Waals surface area contributed by atoms with E-state index in [-0.39, 0.29) is 5.38 Å². The molecule has 0 saturated heterocycles.